The first-order valence-corrected chi connectivity index (χ1v) is 27.4. The first-order chi connectivity index (χ1) is 41.0. The number of aliphatic hydroxyl groups excluding tert-OH is 20. The summed E-state index contributed by atoms with van der Waals surface area (Å²) in [6.07, 6.45) is -71.8. The highest BCUT2D eigenvalue weighted by Gasteiger charge is 2.59. The van der Waals surface area contributed by atoms with Crippen molar-refractivity contribution in [2.24, 2.45) is 0 Å². The highest BCUT2D eigenvalue weighted by molar-refractivity contribution is 5.89. The predicted molar refractivity (Wildman–Crippen MR) is 262 cm³/mol. The molecule has 37 heteroatoms. The van der Waals surface area contributed by atoms with E-state index in [-0.39, 0.29) is 11.3 Å². The van der Waals surface area contributed by atoms with E-state index in [0.717, 1.165) is 0 Å². The van der Waals surface area contributed by atoms with Crippen molar-refractivity contribution < 1.29 is 178 Å². The maximum Gasteiger partial charge on any atom is 0.338 e. The molecule has 21 fully saturated rings. The number of nitrogens with two attached hydrogens (primary N) is 1. The Hall–Kier alpha value is -2.87. The first kappa shape index (κ1) is 67.5. The van der Waals surface area contributed by atoms with Gasteiger partial charge in [-0.2, -0.15) is 0 Å². The van der Waals surface area contributed by atoms with Crippen LogP contribution in [0, 0.1) is 0 Å². The van der Waals surface area contributed by atoms with Gasteiger partial charge in [0.15, 0.2) is 44.0 Å². The van der Waals surface area contributed by atoms with Gasteiger partial charge in [0.05, 0.1) is 45.2 Å². The Balaban J connectivity index is 1.02. The number of nitrogen functional groups attached to an aromatic ring is 1. The lowest BCUT2D eigenvalue weighted by Gasteiger charge is -2.50. The fourth-order valence-electron chi connectivity index (χ4n) is 11.3. The molecule has 0 aliphatic carbocycles. The number of aliphatic hydroxyl groups is 20. The third-order valence-electron chi connectivity index (χ3n) is 16.1. The number of rotatable bonds is 9. The van der Waals surface area contributed by atoms with Gasteiger partial charge in [0.1, 0.15) is 178 Å². The van der Waals surface area contributed by atoms with Crippen molar-refractivity contribution in [3.63, 3.8) is 0 Å². The molecule has 0 unspecified atom stereocenters. The SMILES string of the molecule is Nc1ccc(C(=O)OC[C@H]2O[C@@H]3O[C@H]4[C@H](O)[C@@H](O)[C@@H](O[C@H]5[C@H](O)[C@@H](O)[C@@H](O[C@H]6[C@H](O)[C@@H](O)[C@@H](O[C@H]7[C@H](O)[C@@H](O)[C@@H](O[C@H]8[C@H](O)[C@@H](O)[C@@H](O[C@H]9[C@H](O)[C@@H](O)[C@@H](O[C@H]2[C@H](O)[C@H]3O)O[C@@H]9CO)O[C@@H]8CO)O[C@@H]7CO)O[C@@H]6CO)O[C@@H]5CO)O[C@@H]4CO)cc1. The van der Waals surface area contributed by atoms with E-state index in [2.05, 4.69) is 0 Å². The van der Waals surface area contributed by atoms with Crippen molar-refractivity contribution >= 4 is 11.7 Å². The van der Waals surface area contributed by atoms with Crippen LogP contribution in [0.5, 0.6) is 0 Å². The number of hydrogen-bond acceptors (Lipinski definition) is 37. The van der Waals surface area contributed by atoms with Gasteiger partial charge in [-0.3, -0.25) is 0 Å². The number of carbonyl (C=O) groups excluding carboxylic acids is 1. The van der Waals surface area contributed by atoms with Gasteiger partial charge in [0.25, 0.3) is 0 Å². The van der Waals surface area contributed by atoms with Crippen LogP contribution in [0.3, 0.4) is 0 Å². The van der Waals surface area contributed by atoms with E-state index in [0.29, 0.717) is 0 Å². The van der Waals surface area contributed by atoms with Gasteiger partial charge in [0, 0.05) is 5.69 Å². The molecular weight excluding hydrogens is 1180 g/mol. The second-order valence-electron chi connectivity index (χ2n) is 21.7. The molecule has 492 valence electrons. The Morgan fingerprint density at radius 1 is 0.302 bits per heavy atom. The molecule has 0 saturated carbocycles. The summed E-state index contributed by atoms with van der Waals surface area (Å²) < 4.78 is 86.1. The van der Waals surface area contributed by atoms with Crippen molar-refractivity contribution in [2.75, 3.05) is 52.0 Å². The summed E-state index contributed by atoms with van der Waals surface area (Å²) in [5.74, 6) is -1.01. The van der Waals surface area contributed by atoms with Gasteiger partial charge in [-0.25, -0.2) is 4.79 Å². The third kappa shape index (κ3) is 13.5. The normalized spacial score (nSPS) is 50.7. The fraction of sp³-hybridized carbons (Fsp3) is 0.857. The average Bonchev–Trinajstić information content (AvgIpc) is 1.87. The van der Waals surface area contributed by atoms with Crippen LogP contribution in [-0.2, 0) is 71.1 Å². The molecule has 37 nitrogen and oxygen atoms in total. The number of hydrogen-bond donors (Lipinski definition) is 21. The Bertz CT molecular complexity index is 2290. The molecular formula is C49H75NO36. The van der Waals surface area contributed by atoms with Crippen LogP contribution in [0.1, 0.15) is 10.4 Å². The molecule has 0 aromatic heterocycles. The van der Waals surface area contributed by atoms with Gasteiger partial charge in [-0.1, -0.05) is 0 Å². The van der Waals surface area contributed by atoms with E-state index < -0.39 is 267 Å². The standard InChI is InChI=1S/C49H75NO36/c50-13-3-1-12(2-4-13)42(71)72-11-20-41-27(63)34(70)49(79-20)85-40-19(10-56)77-47(32(68)25(40)61)83-38-17(8-54)75-45(30(66)23(38)59)81-36-15(6-52)73-43(28(64)21(36)57)80-35-14(5-51)74-44(29(65)22(35)58)82-37-16(7-53)76-46(31(67)24(37)60)84-39-18(9-55)78-48(86-41)33(69)26(39)62/h1-4,14-41,43-49,51-70H,5-11,50H2/t14-,15-,16-,17-,18-,19-,20-,21-,22-,23-,24-,25-,26-,27-,28-,29-,30-,31-,32-,33-,34-,35-,36-,37-,38-,39-,40-,41-,43-,44-,45-,46-,47-,48-,49-/m1/s1. The molecule has 21 saturated heterocycles. The minimum Gasteiger partial charge on any atom is -0.459 e. The highest BCUT2D eigenvalue weighted by atomic mass is 16.8. The van der Waals surface area contributed by atoms with E-state index >= 15 is 0 Å². The zero-order chi connectivity index (χ0) is 62.3. The van der Waals surface area contributed by atoms with Crippen molar-refractivity contribution in [3.8, 4) is 0 Å². The summed E-state index contributed by atoms with van der Waals surface area (Å²) in [6, 6.07) is 5.33. The third-order valence-corrected chi connectivity index (χ3v) is 16.1. The van der Waals surface area contributed by atoms with Crippen LogP contribution in [0.25, 0.3) is 0 Å². The predicted octanol–water partition coefficient (Wildman–Crippen LogP) is -13.8. The summed E-state index contributed by atoms with van der Waals surface area (Å²) in [7, 11) is 0. The summed E-state index contributed by atoms with van der Waals surface area (Å²) in [4.78, 5) is 13.3. The van der Waals surface area contributed by atoms with Crippen molar-refractivity contribution in [3.05, 3.63) is 29.8 Å². The van der Waals surface area contributed by atoms with E-state index in [9.17, 15) is 107 Å². The fourth-order valence-corrected chi connectivity index (χ4v) is 11.3. The molecule has 35 atom stereocenters. The topological polar surface area (TPSA) is 586 Å². The molecule has 21 aliphatic rings. The number of anilines is 1. The highest BCUT2D eigenvalue weighted by Crippen LogP contribution is 2.39. The molecule has 22 N–H and O–H groups in total. The van der Waals surface area contributed by atoms with Gasteiger partial charge in [0.2, 0.25) is 0 Å². The van der Waals surface area contributed by atoms with Crippen LogP contribution in [0.2, 0.25) is 0 Å². The van der Waals surface area contributed by atoms with Crippen molar-refractivity contribution in [1.82, 2.24) is 0 Å². The van der Waals surface area contributed by atoms with Crippen LogP contribution in [0.4, 0.5) is 5.69 Å². The molecule has 22 rings (SSSR count). The van der Waals surface area contributed by atoms with Crippen LogP contribution in [0.15, 0.2) is 24.3 Å². The molecule has 21 heterocycles. The van der Waals surface area contributed by atoms with Crippen molar-refractivity contribution in [2.45, 2.75) is 215 Å². The van der Waals surface area contributed by atoms with Crippen LogP contribution in [-0.4, -0.2) is 369 Å². The lowest BCUT2D eigenvalue weighted by molar-refractivity contribution is -0.396. The minimum absolute atomic E-state index is 0.0508. The van der Waals surface area contributed by atoms with Gasteiger partial charge in [-0.05, 0) is 24.3 Å². The molecule has 0 radical (unpaired) electrons. The molecule has 86 heavy (non-hydrogen) atoms. The second kappa shape index (κ2) is 28.7. The maximum absolute atomic E-state index is 13.3. The van der Waals surface area contributed by atoms with E-state index in [1.54, 1.807) is 0 Å². The largest absolute Gasteiger partial charge is 0.459 e. The Morgan fingerprint density at radius 3 is 0.686 bits per heavy atom. The Labute approximate surface area is 485 Å². The lowest BCUT2D eigenvalue weighted by atomic mass is 9.95. The zero-order valence-electron chi connectivity index (χ0n) is 45.0. The Morgan fingerprint density at radius 2 is 0.488 bits per heavy atom. The zero-order valence-corrected chi connectivity index (χ0v) is 45.0. The lowest BCUT2D eigenvalue weighted by Crippen LogP contribution is -2.68. The average molecular weight is 1250 g/mol. The quantitative estimate of drug-likeness (QED) is 0.0806. The van der Waals surface area contributed by atoms with Crippen LogP contribution >= 0.6 is 0 Å². The van der Waals surface area contributed by atoms with Gasteiger partial charge >= 0.3 is 5.97 Å². The summed E-state index contributed by atoms with van der Waals surface area (Å²) in [5, 5.41) is 223. The summed E-state index contributed by atoms with van der Waals surface area (Å²) >= 11 is 0. The molecule has 0 amide bonds. The molecule has 1 aromatic rings. The number of carbonyl (C=O) groups is 1. The van der Waals surface area contributed by atoms with Crippen molar-refractivity contribution in [1.29, 1.82) is 0 Å². The maximum atomic E-state index is 13.3. The van der Waals surface area contributed by atoms with Gasteiger partial charge < -0.3 is 179 Å². The second-order valence-corrected chi connectivity index (χ2v) is 21.7. The first-order valence-electron chi connectivity index (χ1n) is 27.4. The number of esters is 1. The Kier molecular flexibility index (Phi) is 22.6. The smallest absolute Gasteiger partial charge is 0.338 e. The van der Waals surface area contributed by atoms with E-state index in [1.807, 2.05) is 0 Å². The number of ether oxygens (including phenoxy) is 15. The molecule has 1 aromatic carbocycles. The molecule has 0 spiro atoms. The monoisotopic (exact) mass is 1250 g/mol. The van der Waals surface area contributed by atoms with Crippen LogP contribution < -0.4 is 5.73 Å². The number of benzene rings is 1. The van der Waals surface area contributed by atoms with Gasteiger partial charge in [-0.15, -0.1) is 0 Å². The summed E-state index contributed by atoms with van der Waals surface area (Å²) in [5.41, 5.74) is 5.98. The van der Waals surface area contributed by atoms with E-state index in [1.165, 1.54) is 24.3 Å². The van der Waals surface area contributed by atoms with E-state index in [4.69, 9.17) is 76.8 Å². The minimum atomic E-state index is -2.29. The summed E-state index contributed by atoms with van der Waals surface area (Å²) in [6.45, 7) is -7.35. The molecule has 21 aliphatic heterocycles. The molecule has 14 bridgehead atoms.